The molecule has 0 bridgehead atoms. The molecule has 2 aromatic rings. The van der Waals surface area contributed by atoms with Gasteiger partial charge < -0.3 is 18.9 Å². The van der Waals surface area contributed by atoms with E-state index in [0.29, 0.717) is 28.4 Å². The van der Waals surface area contributed by atoms with Crippen LogP contribution in [0.15, 0.2) is 48.5 Å². The van der Waals surface area contributed by atoms with Crippen LogP contribution in [0, 0.1) is 0 Å². The first-order valence-corrected chi connectivity index (χ1v) is 8.28. The monoisotopic (exact) mass is 370 g/mol. The van der Waals surface area contributed by atoms with Crippen molar-refractivity contribution in [1.29, 1.82) is 0 Å². The van der Waals surface area contributed by atoms with E-state index in [9.17, 15) is 9.59 Å². The zero-order valence-electron chi connectivity index (χ0n) is 15.7. The highest BCUT2D eigenvalue weighted by Crippen LogP contribution is 2.38. The van der Waals surface area contributed by atoms with E-state index in [1.807, 2.05) is 6.07 Å². The maximum absolute atomic E-state index is 12.2. The molecule has 0 radical (unpaired) electrons. The number of carbonyl (C=O) groups is 2. The highest BCUT2D eigenvalue weighted by atomic mass is 16.5. The normalized spacial score (nSPS) is 11.7. The highest BCUT2D eigenvalue weighted by molar-refractivity contribution is 6.01. The molecule has 0 aromatic heterocycles. The third kappa shape index (κ3) is 5.10. The summed E-state index contributed by atoms with van der Waals surface area (Å²) < 4.78 is 21.0. The van der Waals surface area contributed by atoms with Crippen LogP contribution in [0.25, 0.3) is 6.08 Å². The maximum atomic E-state index is 12.2. The van der Waals surface area contributed by atoms with Gasteiger partial charge in [-0.1, -0.05) is 30.3 Å². The van der Waals surface area contributed by atoms with Gasteiger partial charge in [-0.2, -0.15) is 0 Å². The van der Waals surface area contributed by atoms with Crippen molar-refractivity contribution in [2.75, 3.05) is 21.3 Å². The Kier molecular flexibility index (Phi) is 7.00. The Hall–Kier alpha value is -3.28. The molecule has 0 saturated carbocycles. The Morgan fingerprint density at radius 2 is 1.52 bits per heavy atom. The van der Waals surface area contributed by atoms with Gasteiger partial charge in [-0.15, -0.1) is 0 Å². The summed E-state index contributed by atoms with van der Waals surface area (Å²) >= 11 is 0. The fourth-order valence-corrected chi connectivity index (χ4v) is 2.47. The average Bonchev–Trinajstić information content (AvgIpc) is 2.71. The van der Waals surface area contributed by atoms with E-state index >= 15 is 0 Å². The molecule has 0 saturated heterocycles. The van der Waals surface area contributed by atoms with E-state index in [-0.39, 0.29) is 5.78 Å². The van der Waals surface area contributed by atoms with Crippen LogP contribution in [-0.4, -0.2) is 39.2 Å². The van der Waals surface area contributed by atoms with Crippen molar-refractivity contribution in [3.05, 3.63) is 59.7 Å². The molecule has 0 amide bonds. The largest absolute Gasteiger partial charge is 0.493 e. The minimum Gasteiger partial charge on any atom is -0.493 e. The second kappa shape index (κ2) is 9.43. The first-order valence-electron chi connectivity index (χ1n) is 8.28. The Balaban J connectivity index is 2.09. The van der Waals surface area contributed by atoms with Gasteiger partial charge in [0.1, 0.15) is 0 Å². The predicted octanol–water partition coefficient (Wildman–Crippen LogP) is 3.54. The van der Waals surface area contributed by atoms with Gasteiger partial charge in [-0.25, -0.2) is 4.79 Å². The van der Waals surface area contributed by atoms with Crippen LogP contribution < -0.4 is 14.2 Å². The zero-order valence-corrected chi connectivity index (χ0v) is 15.7. The van der Waals surface area contributed by atoms with Gasteiger partial charge in [0.15, 0.2) is 17.6 Å². The Labute approximate surface area is 158 Å². The van der Waals surface area contributed by atoms with Crippen molar-refractivity contribution in [1.82, 2.24) is 0 Å². The van der Waals surface area contributed by atoms with Gasteiger partial charge in [-0.05, 0) is 30.7 Å². The van der Waals surface area contributed by atoms with Crippen LogP contribution >= 0.6 is 0 Å². The van der Waals surface area contributed by atoms with E-state index in [0.717, 1.165) is 0 Å². The number of ketones is 1. The molecule has 0 heterocycles. The van der Waals surface area contributed by atoms with Gasteiger partial charge in [-0.3, -0.25) is 4.79 Å². The second-order valence-corrected chi connectivity index (χ2v) is 5.60. The molecule has 0 N–H and O–H groups in total. The summed E-state index contributed by atoms with van der Waals surface area (Å²) in [6, 6.07) is 12.1. The molecular formula is C21H22O6. The molecule has 27 heavy (non-hydrogen) atoms. The average molecular weight is 370 g/mol. The van der Waals surface area contributed by atoms with Crippen molar-refractivity contribution in [2.24, 2.45) is 0 Å². The molecular weight excluding hydrogens is 348 g/mol. The molecule has 6 nitrogen and oxygen atoms in total. The van der Waals surface area contributed by atoms with Gasteiger partial charge in [0.2, 0.25) is 11.5 Å². The third-order valence-corrected chi connectivity index (χ3v) is 3.82. The quantitative estimate of drug-likeness (QED) is 0.402. The minimum atomic E-state index is -0.885. The standard InChI is InChI=1S/C21H22O6/c1-14(20(23)16-8-6-5-7-9-16)27-19(22)11-10-15-12-17(24-2)21(26-4)18(13-15)25-3/h5-14H,1-4H3/b11-10+/t14-/m0/s1. The van der Waals surface area contributed by atoms with E-state index < -0.39 is 12.1 Å². The number of rotatable bonds is 8. The summed E-state index contributed by atoms with van der Waals surface area (Å²) in [5.74, 6) is 0.516. The number of ether oxygens (including phenoxy) is 4. The smallest absolute Gasteiger partial charge is 0.331 e. The van der Waals surface area contributed by atoms with E-state index in [2.05, 4.69) is 0 Å². The summed E-state index contributed by atoms with van der Waals surface area (Å²) in [6.07, 6.45) is 1.91. The molecule has 0 fully saturated rings. The molecule has 6 heteroatoms. The summed E-state index contributed by atoms with van der Waals surface area (Å²) in [6.45, 7) is 1.54. The van der Waals surface area contributed by atoms with Crippen molar-refractivity contribution in [3.8, 4) is 17.2 Å². The lowest BCUT2D eigenvalue weighted by Gasteiger charge is -2.13. The zero-order chi connectivity index (χ0) is 19.8. The summed E-state index contributed by atoms with van der Waals surface area (Å²) in [5, 5.41) is 0. The van der Waals surface area contributed by atoms with Crippen LogP contribution in [0.3, 0.4) is 0 Å². The molecule has 2 rings (SSSR count). The van der Waals surface area contributed by atoms with Crippen LogP contribution in [-0.2, 0) is 9.53 Å². The third-order valence-electron chi connectivity index (χ3n) is 3.82. The van der Waals surface area contributed by atoms with Crippen molar-refractivity contribution in [2.45, 2.75) is 13.0 Å². The lowest BCUT2D eigenvalue weighted by molar-refractivity contribution is -0.140. The number of carbonyl (C=O) groups excluding carboxylic acids is 2. The summed E-state index contributed by atoms with van der Waals surface area (Å²) in [4.78, 5) is 24.3. The molecule has 1 atom stereocenters. The Morgan fingerprint density at radius 3 is 2.04 bits per heavy atom. The van der Waals surface area contributed by atoms with Crippen LogP contribution in [0.1, 0.15) is 22.8 Å². The molecule has 0 aliphatic carbocycles. The highest BCUT2D eigenvalue weighted by Gasteiger charge is 2.18. The number of hydrogen-bond donors (Lipinski definition) is 0. The van der Waals surface area contributed by atoms with Gasteiger partial charge in [0.25, 0.3) is 0 Å². The Morgan fingerprint density at radius 1 is 0.926 bits per heavy atom. The molecule has 0 unspecified atom stereocenters. The van der Waals surface area contributed by atoms with E-state index in [4.69, 9.17) is 18.9 Å². The number of esters is 1. The summed E-state index contributed by atoms with van der Waals surface area (Å²) in [7, 11) is 4.53. The SMILES string of the molecule is COc1cc(/C=C/C(=O)O[C@@H](C)C(=O)c2ccccc2)cc(OC)c1OC. The predicted molar refractivity (Wildman–Crippen MR) is 101 cm³/mol. The van der Waals surface area contributed by atoms with Crippen LogP contribution in [0.2, 0.25) is 0 Å². The van der Waals surface area contributed by atoms with Crippen LogP contribution in [0.4, 0.5) is 0 Å². The number of methoxy groups -OCH3 is 3. The first-order chi connectivity index (χ1) is 13.0. The maximum Gasteiger partial charge on any atom is 0.331 e. The van der Waals surface area contributed by atoms with E-state index in [1.54, 1.807) is 49.4 Å². The lowest BCUT2D eigenvalue weighted by Crippen LogP contribution is -2.23. The fourth-order valence-electron chi connectivity index (χ4n) is 2.47. The number of Topliss-reactive ketones (excluding diaryl/α,β-unsaturated/α-hetero) is 1. The first kappa shape index (κ1) is 20.0. The fraction of sp³-hybridized carbons (Fsp3) is 0.238. The lowest BCUT2D eigenvalue weighted by atomic mass is 10.1. The molecule has 0 spiro atoms. The summed E-state index contributed by atoms with van der Waals surface area (Å²) in [5.41, 5.74) is 1.15. The Bertz CT molecular complexity index is 801. The minimum absolute atomic E-state index is 0.259. The van der Waals surface area contributed by atoms with Crippen molar-refractivity contribution in [3.63, 3.8) is 0 Å². The van der Waals surface area contributed by atoms with E-state index in [1.165, 1.54) is 27.4 Å². The molecule has 2 aromatic carbocycles. The molecule has 0 aliphatic rings. The van der Waals surface area contributed by atoms with Gasteiger partial charge >= 0.3 is 5.97 Å². The van der Waals surface area contributed by atoms with Crippen LogP contribution in [0.5, 0.6) is 17.2 Å². The second-order valence-electron chi connectivity index (χ2n) is 5.60. The van der Waals surface area contributed by atoms with Crippen molar-refractivity contribution >= 4 is 17.8 Å². The van der Waals surface area contributed by atoms with Crippen molar-refractivity contribution < 1.29 is 28.5 Å². The number of benzene rings is 2. The molecule has 142 valence electrons. The van der Waals surface area contributed by atoms with Gasteiger partial charge in [0.05, 0.1) is 21.3 Å². The number of hydrogen-bond acceptors (Lipinski definition) is 6. The topological polar surface area (TPSA) is 71.1 Å². The molecule has 0 aliphatic heterocycles. The van der Waals surface area contributed by atoms with Gasteiger partial charge in [0, 0.05) is 11.6 Å².